The van der Waals surface area contributed by atoms with Crippen LogP contribution in [0.4, 0.5) is 10.1 Å². The molecule has 2 nitrogen and oxygen atoms in total. The number of nitrogens with zero attached hydrogens (tertiary/aromatic N) is 1. The van der Waals surface area contributed by atoms with Crippen molar-refractivity contribution in [1.29, 1.82) is 0 Å². The van der Waals surface area contributed by atoms with E-state index in [1.165, 1.54) is 12.1 Å². The summed E-state index contributed by atoms with van der Waals surface area (Å²) in [6.45, 7) is 0.879. The van der Waals surface area contributed by atoms with E-state index in [0.29, 0.717) is 17.3 Å². The van der Waals surface area contributed by atoms with Gasteiger partial charge in [-0.15, -0.1) is 0 Å². The molecule has 0 heterocycles. The lowest BCUT2D eigenvalue weighted by Gasteiger charge is -2.19. The van der Waals surface area contributed by atoms with Crippen molar-refractivity contribution in [2.45, 2.75) is 12.8 Å². The molecule has 0 aliphatic heterocycles. The molecule has 0 amide bonds. The van der Waals surface area contributed by atoms with Crippen molar-refractivity contribution >= 4 is 17.3 Å². The smallest absolute Gasteiger partial charge is 0.146 e. The standard InChI is InChI=1S/C11H15ClFNO/c1-14(6-2-3-7-15)11-8-9(12)4-5-10(11)13/h4-5,8,15H,2-3,6-7H2,1H3. The maximum absolute atomic E-state index is 13.4. The number of aliphatic hydroxyl groups excluding tert-OH is 1. The van der Waals surface area contributed by atoms with Crippen LogP contribution in [-0.4, -0.2) is 25.3 Å². The van der Waals surface area contributed by atoms with E-state index >= 15 is 0 Å². The van der Waals surface area contributed by atoms with E-state index in [0.717, 1.165) is 12.8 Å². The highest BCUT2D eigenvalue weighted by Gasteiger charge is 2.07. The fraction of sp³-hybridized carbons (Fsp3) is 0.455. The number of unbranched alkanes of at least 4 members (excludes halogenated alkanes) is 1. The fourth-order valence-electron chi connectivity index (χ4n) is 1.36. The van der Waals surface area contributed by atoms with Crippen molar-refractivity contribution in [2.75, 3.05) is 25.1 Å². The lowest BCUT2D eigenvalue weighted by atomic mass is 10.2. The Kier molecular flexibility index (Phi) is 4.85. The van der Waals surface area contributed by atoms with Gasteiger partial charge in [-0.25, -0.2) is 4.39 Å². The largest absolute Gasteiger partial charge is 0.396 e. The minimum absolute atomic E-state index is 0.172. The first kappa shape index (κ1) is 12.3. The third-order valence-electron chi connectivity index (χ3n) is 2.22. The van der Waals surface area contributed by atoms with Gasteiger partial charge in [0.2, 0.25) is 0 Å². The number of rotatable bonds is 5. The molecular formula is C11H15ClFNO. The highest BCUT2D eigenvalue weighted by atomic mass is 35.5. The summed E-state index contributed by atoms with van der Waals surface area (Å²) in [7, 11) is 1.81. The summed E-state index contributed by atoms with van der Waals surface area (Å²) in [5.74, 6) is -0.272. The Hall–Kier alpha value is -0.800. The van der Waals surface area contributed by atoms with E-state index in [-0.39, 0.29) is 12.4 Å². The topological polar surface area (TPSA) is 23.5 Å². The van der Waals surface area contributed by atoms with E-state index in [2.05, 4.69) is 0 Å². The first-order valence-electron chi connectivity index (χ1n) is 4.92. The van der Waals surface area contributed by atoms with Crippen LogP contribution in [0.25, 0.3) is 0 Å². The predicted octanol–water partition coefficient (Wildman–Crippen LogP) is 2.69. The van der Waals surface area contributed by atoms with Crippen LogP contribution >= 0.6 is 11.6 Å². The SMILES string of the molecule is CN(CCCCO)c1cc(Cl)ccc1F. The molecule has 0 aliphatic carbocycles. The highest BCUT2D eigenvalue weighted by Crippen LogP contribution is 2.22. The Morgan fingerprint density at radius 3 is 2.80 bits per heavy atom. The molecule has 0 saturated heterocycles. The van der Waals surface area contributed by atoms with Crippen LogP contribution in [0.2, 0.25) is 5.02 Å². The zero-order chi connectivity index (χ0) is 11.3. The van der Waals surface area contributed by atoms with Gasteiger partial charge >= 0.3 is 0 Å². The van der Waals surface area contributed by atoms with E-state index in [1.807, 2.05) is 7.05 Å². The van der Waals surface area contributed by atoms with Crippen LogP contribution < -0.4 is 4.90 Å². The van der Waals surface area contributed by atoms with Crippen molar-refractivity contribution in [3.63, 3.8) is 0 Å². The molecule has 0 aromatic heterocycles. The summed E-state index contributed by atoms with van der Waals surface area (Å²) < 4.78 is 13.4. The third kappa shape index (κ3) is 3.68. The fourth-order valence-corrected chi connectivity index (χ4v) is 1.53. The Balaban J connectivity index is 2.64. The van der Waals surface area contributed by atoms with Crippen molar-refractivity contribution in [1.82, 2.24) is 0 Å². The van der Waals surface area contributed by atoms with E-state index < -0.39 is 0 Å². The number of aliphatic hydroxyl groups is 1. The Morgan fingerprint density at radius 2 is 2.13 bits per heavy atom. The van der Waals surface area contributed by atoms with Crippen molar-refractivity contribution in [3.05, 3.63) is 29.0 Å². The second-order valence-electron chi connectivity index (χ2n) is 3.45. The molecule has 1 rings (SSSR count). The first-order chi connectivity index (χ1) is 7.15. The first-order valence-corrected chi connectivity index (χ1v) is 5.30. The highest BCUT2D eigenvalue weighted by molar-refractivity contribution is 6.30. The van der Waals surface area contributed by atoms with Gasteiger partial charge < -0.3 is 10.0 Å². The molecule has 0 spiro atoms. The van der Waals surface area contributed by atoms with Crippen LogP contribution in [-0.2, 0) is 0 Å². The molecule has 0 saturated carbocycles. The summed E-state index contributed by atoms with van der Waals surface area (Å²) in [6.07, 6.45) is 1.56. The quantitative estimate of drug-likeness (QED) is 0.788. The third-order valence-corrected chi connectivity index (χ3v) is 2.46. The van der Waals surface area contributed by atoms with Crippen LogP contribution in [0.15, 0.2) is 18.2 Å². The maximum Gasteiger partial charge on any atom is 0.146 e. The molecule has 0 atom stereocenters. The van der Waals surface area contributed by atoms with Crippen LogP contribution in [0.1, 0.15) is 12.8 Å². The molecular weight excluding hydrogens is 217 g/mol. The predicted molar refractivity (Wildman–Crippen MR) is 61.0 cm³/mol. The zero-order valence-corrected chi connectivity index (χ0v) is 9.47. The van der Waals surface area contributed by atoms with Crippen molar-refractivity contribution in [3.8, 4) is 0 Å². The van der Waals surface area contributed by atoms with Gasteiger partial charge in [0, 0.05) is 25.2 Å². The molecule has 1 aromatic rings. The molecule has 0 bridgehead atoms. The average molecular weight is 232 g/mol. The molecule has 1 aromatic carbocycles. The summed E-state index contributed by atoms with van der Waals surface area (Å²) in [6, 6.07) is 4.50. The van der Waals surface area contributed by atoms with Crippen LogP contribution in [0.5, 0.6) is 0 Å². The monoisotopic (exact) mass is 231 g/mol. The maximum atomic E-state index is 13.4. The minimum Gasteiger partial charge on any atom is -0.396 e. The van der Waals surface area contributed by atoms with Gasteiger partial charge in [0.25, 0.3) is 0 Å². The van der Waals surface area contributed by atoms with E-state index in [1.54, 1.807) is 11.0 Å². The van der Waals surface area contributed by atoms with Crippen LogP contribution in [0, 0.1) is 5.82 Å². The lowest BCUT2D eigenvalue weighted by molar-refractivity contribution is 0.285. The summed E-state index contributed by atoms with van der Waals surface area (Å²) >= 11 is 5.79. The molecule has 15 heavy (non-hydrogen) atoms. The second-order valence-corrected chi connectivity index (χ2v) is 3.88. The van der Waals surface area contributed by atoms with Gasteiger partial charge in [0.15, 0.2) is 0 Å². The number of benzene rings is 1. The molecule has 0 aliphatic rings. The molecule has 0 radical (unpaired) electrons. The van der Waals surface area contributed by atoms with E-state index in [4.69, 9.17) is 16.7 Å². The van der Waals surface area contributed by atoms with Gasteiger partial charge in [-0.2, -0.15) is 0 Å². The van der Waals surface area contributed by atoms with Crippen molar-refractivity contribution in [2.24, 2.45) is 0 Å². The number of hydrogen-bond acceptors (Lipinski definition) is 2. The number of hydrogen-bond donors (Lipinski definition) is 1. The van der Waals surface area contributed by atoms with Gasteiger partial charge in [0.05, 0.1) is 5.69 Å². The summed E-state index contributed by atoms with van der Waals surface area (Å²) in [4.78, 5) is 1.80. The average Bonchev–Trinajstić information content (AvgIpc) is 2.22. The Labute approximate surface area is 94.3 Å². The Morgan fingerprint density at radius 1 is 1.40 bits per heavy atom. The molecule has 0 unspecified atom stereocenters. The van der Waals surface area contributed by atoms with Gasteiger partial charge in [-0.3, -0.25) is 0 Å². The van der Waals surface area contributed by atoms with Crippen LogP contribution in [0.3, 0.4) is 0 Å². The number of anilines is 1. The second kappa shape index (κ2) is 5.93. The van der Waals surface area contributed by atoms with Gasteiger partial charge in [0.1, 0.15) is 5.82 Å². The zero-order valence-electron chi connectivity index (χ0n) is 8.71. The molecule has 4 heteroatoms. The lowest BCUT2D eigenvalue weighted by Crippen LogP contribution is -2.19. The molecule has 0 fully saturated rings. The van der Waals surface area contributed by atoms with Gasteiger partial charge in [-0.05, 0) is 31.0 Å². The minimum atomic E-state index is -0.272. The number of halogens is 2. The molecule has 1 N–H and O–H groups in total. The van der Waals surface area contributed by atoms with E-state index in [9.17, 15) is 4.39 Å². The normalized spacial score (nSPS) is 10.4. The summed E-state index contributed by atoms with van der Waals surface area (Å²) in [5.41, 5.74) is 0.500. The Bertz CT molecular complexity index is 319. The van der Waals surface area contributed by atoms with Crippen molar-refractivity contribution < 1.29 is 9.50 Å². The molecule has 84 valence electrons. The summed E-state index contributed by atoms with van der Waals surface area (Å²) in [5, 5.41) is 9.16. The van der Waals surface area contributed by atoms with Gasteiger partial charge in [-0.1, -0.05) is 11.6 Å².